The number of carbonyl (C=O) groups excluding carboxylic acids is 1. The third kappa shape index (κ3) is 3.24. The van der Waals surface area contributed by atoms with Gasteiger partial charge in [-0.2, -0.15) is 0 Å². The van der Waals surface area contributed by atoms with Crippen molar-refractivity contribution in [2.24, 2.45) is 0 Å². The zero-order valence-corrected chi connectivity index (χ0v) is 7.86. The molecule has 1 aromatic carbocycles. The number of hydrogen-bond acceptors (Lipinski definition) is 1. The Morgan fingerprint density at radius 3 is 2.31 bits per heavy atom. The summed E-state index contributed by atoms with van der Waals surface area (Å²) in [4.78, 5) is 10.4. The second-order valence-electron chi connectivity index (χ2n) is 2.98. The molecule has 0 aliphatic heterocycles. The predicted molar refractivity (Wildman–Crippen MR) is 55.8 cm³/mol. The lowest BCUT2D eigenvalue weighted by Crippen LogP contribution is -1.78. The molecule has 0 N–H and O–H groups in total. The molecule has 0 fully saturated rings. The monoisotopic (exact) mass is 174 g/mol. The molecule has 0 aliphatic rings. The highest BCUT2D eigenvalue weighted by Gasteiger charge is 1.88. The molecular formula is C12H14O. The van der Waals surface area contributed by atoms with Crippen molar-refractivity contribution in [3.05, 3.63) is 41.5 Å². The van der Waals surface area contributed by atoms with Crippen molar-refractivity contribution in [2.45, 2.75) is 19.8 Å². The molecule has 0 spiro atoms. The van der Waals surface area contributed by atoms with Crippen molar-refractivity contribution < 1.29 is 4.79 Å². The first-order valence-corrected chi connectivity index (χ1v) is 4.58. The molecule has 0 unspecified atom stereocenters. The van der Waals surface area contributed by atoms with E-state index in [9.17, 15) is 4.79 Å². The maximum Gasteiger partial charge on any atom is 0.150 e. The summed E-state index contributed by atoms with van der Waals surface area (Å²) < 4.78 is 0. The molecule has 0 aromatic heterocycles. The Labute approximate surface area is 79.1 Å². The van der Waals surface area contributed by atoms with Gasteiger partial charge in [0.15, 0.2) is 0 Å². The second-order valence-corrected chi connectivity index (χ2v) is 2.98. The molecular weight excluding hydrogens is 160 g/mol. The van der Waals surface area contributed by atoms with Crippen molar-refractivity contribution in [1.82, 2.24) is 0 Å². The van der Waals surface area contributed by atoms with Crippen LogP contribution in [0.15, 0.2) is 30.3 Å². The molecule has 1 aromatic rings. The van der Waals surface area contributed by atoms with Gasteiger partial charge in [-0.05, 0) is 12.0 Å². The van der Waals surface area contributed by atoms with Crippen LogP contribution < -0.4 is 0 Å². The number of carbonyl (C=O) groups is 1. The van der Waals surface area contributed by atoms with E-state index in [-0.39, 0.29) is 0 Å². The Bertz CT molecular complexity index is 282. The minimum absolute atomic E-state index is 0.729. The van der Waals surface area contributed by atoms with Gasteiger partial charge in [0.25, 0.3) is 0 Å². The lowest BCUT2D eigenvalue weighted by molar-refractivity contribution is 0.112. The van der Waals surface area contributed by atoms with Crippen LogP contribution in [0, 0.1) is 0 Å². The fourth-order valence-corrected chi connectivity index (χ4v) is 1.07. The Hall–Kier alpha value is -1.37. The number of unbranched alkanes of at least 4 members (excludes halogenated alkanes) is 1. The molecule has 0 amide bonds. The fourth-order valence-electron chi connectivity index (χ4n) is 1.07. The molecule has 0 saturated heterocycles. The van der Waals surface area contributed by atoms with Crippen LogP contribution in [0.4, 0.5) is 0 Å². The molecule has 0 aliphatic carbocycles. The first-order valence-electron chi connectivity index (χ1n) is 4.58. The average Bonchev–Trinajstić information content (AvgIpc) is 2.19. The molecule has 1 nitrogen and oxygen atoms in total. The average molecular weight is 174 g/mol. The van der Waals surface area contributed by atoms with Gasteiger partial charge in [-0.15, -0.1) is 0 Å². The Kier molecular flexibility index (Phi) is 3.97. The number of aldehydes is 1. The maximum absolute atomic E-state index is 10.4. The Balaban J connectivity index is 2.63. The summed E-state index contributed by atoms with van der Waals surface area (Å²) in [7, 11) is 0. The van der Waals surface area contributed by atoms with E-state index in [1.54, 1.807) is 0 Å². The summed E-state index contributed by atoms with van der Waals surface area (Å²) in [6, 6.07) is 7.57. The number of benzene rings is 1. The van der Waals surface area contributed by atoms with E-state index in [0.29, 0.717) is 0 Å². The van der Waals surface area contributed by atoms with Crippen LogP contribution >= 0.6 is 0 Å². The molecule has 0 radical (unpaired) electrons. The number of hydrogen-bond donors (Lipinski definition) is 0. The first-order chi connectivity index (χ1) is 6.36. The Morgan fingerprint density at radius 2 is 1.77 bits per heavy atom. The van der Waals surface area contributed by atoms with Gasteiger partial charge >= 0.3 is 0 Å². The summed E-state index contributed by atoms with van der Waals surface area (Å²) in [5, 5.41) is 0. The summed E-state index contributed by atoms with van der Waals surface area (Å²) in [6.07, 6.45) is 7.37. The van der Waals surface area contributed by atoms with E-state index in [1.807, 2.05) is 24.3 Å². The highest BCUT2D eigenvalue weighted by molar-refractivity contribution is 5.75. The predicted octanol–water partition coefficient (Wildman–Crippen LogP) is 3.31. The van der Waals surface area contributed by atoms with E-state index in [1.165, 1.54) is 6.42 Å². The molecule has 0 heterocycles. The summed E-state index contributed by atoms with van der Waals surface area (Å²) >= 11 is 0. The van der Waals surface area contributed by atoms with E-state index in [2.05, 4.69) is 19.1 Å². The molecule has 1 rings (SSSR count). The zero-order valence-electron chi connectivity index (χ0n) is 7.86. The number of rotatable bonds is 4. The van der Waals surface area contributed by atoms with Gasteiger partial charge in [-0.3, -0.25) is 4.79 Å². The largest absolute Gasteiger partial charge is 0.298 e. The summed E-state index contributed by atoms with van der Waals surface area (Å²) in [5.41, 5.74) is 1.88. The molecule has 68 valence electrons. The summed E-state index contributed by atoms with van der Waals surface area (Å²) in [6.45, 7) is 2.15. The van der Waals surface area contributed by atoms with Crippen LogP contribution in [0.25, 0.3) is 6.08 Å². The van der Waals surface area contributed by atoms with E-state index < -0.39 is 0 Å². The molecule has 0 atom stereocenters. The standard InChI is InChI=1S/C12H14O/c1-2-3-4-5-11-6-8-12(10-13)9-7-11/h4-10H,2-3H2,1H3/b5-4+. The Morgan fingerprint density at radius 1 is 1.15 bits per heavy atom. The van der Waals surface area contributed by atoms with Crippen LogP contribution in [0.2, 0.25) is 0 Å². The van der Waals surface area contributed by atoms with Gasteiger partial charge in [0.1, 0.15) is 6.29 Å². The smallest absolute Gasteiger partial charge is 0.150 e. The van der Waals surface area contributed by atoms with E-state index in [0.717, 1.165) is 23.8 Å². The third-order valence-electron chi connectivity index (χ3n) is 1.84. The van der Waals surface area contributed by atoms with Crippen LogP contribution in [0.5, 0.6) is 0 Å². The summed E-state index contributed by atoms with van der Waals surface area (Å²) in [5.74, 6) is 0. The molecule has 1 heteroatoms. The quantitative estimate of drug-likeness (QED) is 0.640. The first kappa shape index (κ1) is 9.72. The van der Waals surface area contributed by atoms with Crippen LogP contribution in [0.1, 0.15) is 35.7 Å². The van der Waals surface area contributed by atoms with Crippen molar-refractivity contribution >= 4 is 12.4 Å². The highest BCUT2D eigenvalue weighted by atomic mass is 16.1. The highest BCUT2D eigenvalue weighted by Crippen LogP contribution is 2.05. The second kappa shape index (κ2) is 5.31. The van der Waals surface area contributed by atoms with Crippen molar-refractivity contribution in [3.8, 4) is 0 Å². The minimum Gasteiger partial charge on any atom is -0.298 e. The minimum atomic E-state index is 0.729. The van der Waals surface area contributed by atoms with Crippen LogP contribution in [-0.2, 0) is 0 Å². The normalized spacial score (nSPS) is 10.5. The topological polar surface area (TPSA) is 17.1 Å². The van der Waals surface area contributed by atoms with Crippen LogP contribution in [-0.4, -0.2) is 6.29 Å². The van der Waals surface area contributed by atoms with Gasteiger partial charge in [0.2, 0.25) is 0 Å². The van der Waals surface area contributed by atoms with Crippen molar-refractivity contribution in [1.29, 1.82) is 0 Å². The van der Waals surface area contributed by atoms with Gasteiger partial charge in [-0.1, -0.05) is 49.8 Å². The van der Waals surface area contributed by atoms with Crippen LogP contribution in [0.3, 0.4) is 0 Å². The lowest BCUT2D eigenvalue weighted by Gasteiger charge is -1.93. The van der Waals surface area contributed by atoms with Gasteiger partial charge in [0.05, 0.1) is 0 Å². The fraction of sp³-hybridized carbons (Fsp3) is 0.250. The van der Waals surface area contributed by atoms with E-state index in [4.69, 9.17) is 0 Å². The van der Waals surface area contributed by atoms with Crippen molar-refractivity contribution in [3.63, 3.8) is 0 Å². The molecule has 0 bridgehead atoms. The van der Waals surface area contributed by atoms with Gasteiger partial charge < -0.3 is 0 Å². The number of allylic oxidation sites excluding steroid dienone is 1. The third-order valence-corrected chi connectivity index (χ3v) is 1.84. The molecule has 13 heavy (non-hydrogen) atoms. The van der Waals surface area contributed by atoms with Gasteiger partial charge in [-0.25, -0.2) is 0 Å². The lowest BCUT2D eigenvalue weighted by atomic mass is 10.1. The van der Waals surface area contributed by atoms with Gasteiger partial charge in [0, 0.05) is 5.56 Å². The SMILES string of the molecule is CCC/C=C/c1ccc(C=O)cc1. The zero-order chi connectivity index (χ0) is 9.52. The maximum atomic E-state index is 10.4. The van der Waals surface area contributed by atoms with E-state index >= 15 is 0 Å². The van der Waals surface area contributed by atoms with Crippen molar-refractivity contribution in [2.75, 3.05) is 0 Å². The molecule has 0 saturated carbocycles.